The summed E-state index contributed by atoms with van der Waals surface area (Å²) in [6.45, 7) is 7.66. The van der Waals surface area contributed by atoms with Crippen molar-refractivity contribution >= 4 is 39.1 Å². The van der Waals surface area contributed by atoms with Crippen LogP contribution in [-0.4, -0.2) is 44.3 Å². The molecule has 2 amide bonds. The second-order valence-electron chi connectivity index (χ2n) is 9.62. The van der Waals surface area contributed by atoms with Gasteiger partial charge in [0.2, 0.25) is 11.8 Å². The molecule has 0 saturated heterocycles. The molecule has 3 rings (SSSR count). The van der Waals surface area contributed by atoms with Crippen LogP contribution >= 0.6 is 11.6 Å². The number of carbonyl (C=O) groups is 2. The molecule has 0 bridgehead atoms. The van der Waals surface area contributed by atoms with Gasteiger partial charge in [-0.25, -0.2) is 8.42 Å². The first-order valence-corrected chi connectivity index (χ1v) is 14.3. The number of benzene rings is 3. The molecule has 38 heavy (non-hydrogen) atoms. The van der Waals surface area contributed by atoms with Gasteiger partial charge in [0.05, 0.1) is 10.6 Å². The largest absolute Gasteiger partial charge is 0.354 e. The van der Waals surface area contributed by atoms with Gasteiger partial charge in [-0.05, 0) is 61.7 Å². The third-order valence-corrected chi connectivity index (χ3v) is 8.09. The molecule has 7 nitrogen and oxygen atoms in total. The van der Waals surface area contributed by atoms with Gasteiger partial charge in [-0.15, -0.1) is 0 Å². The minimum absolute atomic E-state index is 0.00705. The molecule has 9 heteroatoms. The van der Waals surface area contributed by atoms with Crippen molar-refractivity contribution in [2.75, 3.05) is 17.4 Å². The standard InChI is InChI=1S/C29H34ClN3O4S/c1-21(2)18-31-29(35)23(4)32(19-24-8-6-5-7-9-24)28(34)20-33(26-14-10-22(3)11-15-26)38(36,37)27-16-12-25(30)13-17-27/h5-17,21,23H,18-20H2,1-4H3,(H,31,35)/t23-/m0/s1. The minimum atomic E-state index is -4.13. The number of amides is 2. The quantitative estimate of drug-likeness (QED) is 0.359. The normalized spacial score (nSPS) is 12.2. The fourth-order valence-corrected chi connectivity index (χ4v) is 5.33. The van der Waals surface area contributed by atoms with E-state index in [1.54, 1.807) is 31.2 Å². The zero-order valence-electron chi connectivity index (χ0n) is 22.1. The Balaban J connectivity index is 1.99. The molecule has 0 saturated carbocycles. The molecule has 0 heterocycles. The van der Waals surface area contributed by atoms with E-state index in [9.17, 15) is 18.0 Å². The summed E-state index contributed by atoms with van der Waals surface area (Å²) in [5.74, 6) is -0.560. The van der Waals surface area contributed by atoms with Crippen LogP contribution in [0.5, 0.6) is 0 Å². The fourth-order valence-electron chi connectivity index (χ4n) is 3.79. The van der Waals surface area contributed by atoms with Crippen LogP contribution in [0.2, 0.25) is 5.02 Å². The summed E-state index contributed by atoms with van der Waals surface area (Å²) in [5.41, 5.74) is 2.12. The second kappa shape index (κ2) is 12.9. The van der Waals surface area contributed by atoms with Gasteiger partial charge < -0.3 is 10.2 Å². The monoisotopic (exact) mass is 555 g/mol. The zero-order chi connectivity index (χ0) is 27.9. The van der Waals surface area contributed by atoms with Crippen LogP contribution in [0, 0.1) is 12.8 Å². The van der Waals surface area contributed by atoms with Crippen LogP contribution in [0.25, 0.3) is 0 Å². The Bertz CT molecular complexity index is 1330. The SMILES string of the molecule is Cc1ccc(N(CC(=O)N(Cc2ccccc2)[C@@H](C)C(=O)NCC(C)C)S(=O)(=O)c2ccc(Cl)cc2)cc1. The fraction of sp³-hybridized carbons (Fsp3) is 0.310. The molecule has 0 aliphatic carbocycles. The number of hydrogen-bond donors (Lipinski definition) is 1. The highest BCUT2D eigenvalue weighted by molar-refractivity contribution is 7.92. The Kier molecular flexibility index (Phi) is 9.94. The summed E-state index contributed by atoms with van der Waals surface area (Å²) in [6, 6.07) is 21.2. The molecule has 0 aromatic heterocycles. The number of carbonyl (C=O) groups excluding carboxylic acids is 2. The number of rotatable bonds is 11. The Morgan fingerprint density at radius 1 is 0.895 bits per heavy atom. The van der Waals surface area contributed by atoms with E-state index in [0.29, 0.717) is 17.3 Å². The molecule has 0 aliphatic heterocycles. The number of halogens is 1. The molecule has 3 aromatic rings. The van der Waals surface area contributed by atoms with Gasteiger partial charge in [-0.2, -0.15) is 0 Å². The van der Waals surface area contributed by atoms with Crippen molar-refractivity contribution in [2.45, 2.75) is 45.2 Å². The Hall–Kier alpha value is -3.36. The van der Waals surface area contributed by atoms with Crippen LogP contribution < -0.4 is 9.62 Å². The number of nitrogens with one attached hydrogen (secondary N) is 1. The molecule has 0 aliphatic rings. The predicted octanol–water partition coefficient (Wildman–Crippen LogP) is 5.03. The van der Waals surface area contributed by atoms with Crippen molar-refractivity contribution in [1.29, 1.82) is 0 Å². The van der Waals surface area contributed by atoms with Gasteiger partial charge in [-0.1, -0.05) is 73.5 Å². The molecular formula is C29H34ClN3O4S. The Morgan fingerprint density at radius 3 is 2.08 bits per heavy atom. The number of anilines is 1. The lowest BCUT2D eigenvalue weighted by Crippen LogP contribution is -2.51. The first-order valence-electron chi connectivity index (χ1n) is 12.4. The lowest BCUT2D eigenvalue weighted by atomic mass is 10.1. The molecule has 0 spiro atoms. The Labute approximate surface area is 230 Å². The van der Waals surface area contributed by atoms with Gasteiger partial charge >= 0.3 is 0 Å². The van der Waals surface area contributed by atoms with Crippen molar-refractivity contribution in [3.63, 3.8) is 0 Å². The second-order valence-corrected chi connectivity index (χ2v) is 11.9. The van der Waals surface area contributed by atoms with E-state index in [4.69, 9.17) is 11.6 Å². The van der Waals surface area contributed by atoms with Crippen molar-refractivity contribution in [3.8, 4) is 0 Å². The van der Waals surface area contributed by atoms with E-state index in [0.717, 1.165) is 15.4 Å². The van der Waals surface area contributed by atoms with Gasteiger partial charge in [-0.3, -0.25) is 13.9 Å². The average Bonchev–Trinajstić information content (AvgIpc) is 2.89. The van der Waals surface area contributed by atoms with Crippen molar-refractivity contribution in [1.82, 2.24) is 10.2 Å². The first-order chi connectivity index (χ1) is 18.0. The molecule has 202 valence electrons. The zero-order valence-corrected chi connectivity index (χ0v) is 23.7. The molecule has 1 N–H and O–H groups in total. The van der Waals surface area contributed by atoms with Crippen LogP contribution in [0.1, 0.15) is 31.9 Å². The van der Waals surface area contributed by atoms with E-state index in [2.05, 4.69) is 5.32 Å². The third-order valence-electron chi connectivity index (χ3n) is 6.05. The van der Waals surface area contributed by atoms with Gasteiger partial charge in [0.1, 0.15) is 12.6 Å². The van der Waals surface area contributed by atoms with E-state index < -0.39 is 28.5 Å². The first kappa shape index (κ1) is 29.2. The van der Waals surface area contributed by atoms with Gasteiger partial charge in [0.15, 0.2) is 0 Å². The lowest BCUT2D eigenvalue weighted by molar-refractivity contribution is -0.139. The minimum Gasteiger partial charge on any atom is -0.354 e. The molecule has 0 unspecified atom stereocenters. The van der Waals surface area contributed by atoms with Gasteiger partial charge in [0, 0.05) is 18.1 Å². The molecule has 1 atom stereocenters. The number of nitrogens with zero attached hydrogens (tertiary/aromatic N) is 2. The third kappa shape index (κ3) is 7.58. The van der Waals surface area contributed by atoms with E-state index >= 15 is 0 Å². The van der Waals surface area contributed by atoms with Crippen LogP contribution in [-0.2, 0) is 26.2 Å². The number of sulfonamides is 1. The Morgan fingerprint density at radius 2 is 1.50 bits per heavy atom. The summed E-state index contributed by atoms with van der Waals surface area (Å²) < 4.78 is 28.6. The van der Waals surface area contributed by atoms with Crippen molar-refractivity contribution in [2.24, 2.45) is 5.92 Å². The summed E-state index contributed by atoms with van der Waals surface area (Å²) in [7, 11) is -4.13. The summed E-state index contributed by atoms with van der Waals surface area (Å²) in [5, 5.41) is 3.28. The summed E-state index contributed by atoms with van der Waals surface area (Å²) >= 11 is 5.98. The van der Waals surface area contributed by atoms with Crippen LogP contribution in [0.4, 0.5) is 5.69 Å². The van der Waals surface area contributed by atoms with Crippen molar-refractivity contribution in [3.05, 3.63) is 95.0 Å². The number of hydrogen-bond acceptors (Lipinski definition) is 4. The maximum atomic E-state index is 13.8. The maximum absolute atomic E-state index is 13.8. The molecule has 3 aromatic carbocycles. The van der Waals surface area contributed by atoms with Gasteiger partial charge in [0.25, 0.3) is 10.0 Å². The lowest BCUT2D eigenvalue weighted by Gasteiger charge is -2.32. The van der Waals surface area contributed by atoms with E-state index in [-0.39, 0.29) is 23.3 Å². The van der Waals surface area contributed by atoms with E-state index in [1.165, 1.54) is 29.2 Å². The average molecular weight is 556 g/mol. The topological polar surface area (TPSA) is 86.8 Å². The number of aryl methyl sites for hydroxylation is 1. The highest BCUT2D eigenvalue weighted by atomic mass is 35.5. The van der Waals surface area contributed by atoms with Crippen LogP contribution in [0.15, 0.2) is 83.8 Å². The summed E-state index contributed by atoms with van der Waals surface area (Å²) in [6.07, 6.45) is 0. The predicted molar refractivity (Wildman–Crippen MR) is 151 cm³/mol. The van der Waals surface area contributed by atoms with Crippen molar-refractivity contribution < 1.29 is 18.0 Å². The highest BCUT2D eigenvalue weighted by Crippen LogP contribution is 2.26. The maximum Gasteiger partial charge on any atom is 0.264 e. The molecule has 0 fully saturated rings. The highest BCUT2D eigenvalue weighted by Gasteiger charge is 2.32. The van der Waals surface area contributed by atoms with Crippen LogP contribution in [0.3, 0.4) is 0 Å². The molecular weight excluding hydrogens is 522 g/mol. The molecule has 0 radical (unpaired) electrons. The summed E-state index contributed by atoms with van der Waals surface area (Å²) in [4.78, 5) is 28.2. The smallest absolute Gasteiger partial charge is 0.264 e. The van der Waals surface area contributed by atoms with E-state index in [1.807, 2.05) is 51.1 Å².